The lowest BCUT2D eigenvalue weighted by Gasteiger charge is -2.43. The van der Waals surface area contributed by atoms with Crippen molar-refractivity contribution >= 4 is 5.78 Å². The highest BCUT2D eigenvalue weighted by atomic mass is 16.7. The van der Waals surface area contributed by atoms with Crippen LogP contribution in [0.4, 0.5) is 0 Å². The van der Waals surface area contributed by atoms with Gasteiger partial charge in [0.1, 0.15) is 6.04 Å². The predicted molar refractivity (Wildman–Crippen MR) is 122 cm³/mol. The normalized spacial score (nSPS) is 25.8. The van der Waals surface area contributed by atoms with E-state index in [9.17, 15) is 4.79 Å². The minimum absolute atomic E-state index is 0.0151. The Balaban J connectivity index is 1.63. The monoisotopic (exact) mass is 426 g/mol. The van der Waals surface area contributed by atoms with Crippen LogP contribution in [-0.4, -0.2) is 44.8 Å². The zero-order valence-electron chi connectivity index (χ0n) is 19.8. The van der Waals surface area contributed by atoms with Crippen molar-refractivity contribution in [2.75, 3.05) is 34.5 Å². The minimum Gasteiger partial charge on any atom is -0.492 e. The lowest BCUT2D eigenvalue weighted by molar-refractivity contribution is -0.922. The van der Waals surface area contributed by atoms with Gasteiger partial charge in [0.15, 0.2) is 17.3 Å². The number of carbonyl (C=O) groups is 1. The fourth-order valence-electron chi connectivity index (χ4n) is 5.56. The number of ether oxygens (including phenoxy) is 3. The molecule has 0 saturated heterocycles. The largest absolute Gasteiger partial charge is 0.492 e. The van der Waals surface area contributed by atoms with Gasteiger partial charge in [0.25, 0.3) is 0 Å². The van der Waals surface area contributed by atoms with Crippen LogP contribution in [0.1, 0.15) is 57.2 Å². The molecule has 0 spiro atoms. The van der Waals surface area contributed by atoms with Gasteiger partial charge < -0.3 is 18.7 Å². The van der Waals surface area contributed by atoms with Crippen molar-refractivity contribution in [3.05, 3.63) is 41.0 Å². The van der Waals surface area contributed by atoms with Gasteiger partial charge in [0.05, 0.1) is 39.7 Å². The van der Waals surface area contributed by atoms with Gasteiger partial charge in [0.2, 0.25) is 12.5 Å². The van der Waals surface area contributed by atoms with E-state index < -0.39 is 0 Å². The Morgan fingerprint density at radius 1 is 1.32 bits per heavy atom. The number of rotatable bonds is 5. The number of nitrogens with zero attached hydrogens (tertiary/aromatic N) is 1. The van der Waals surface area contributed by atoms with Gasteiger partial charge in [-0.2, -0.15) is 0 Å². The highest BCUT2D eigenvalue weighted by Gasteiger charge is 2.42. The maximum Gasteiger partial charge on any atom is 0.231 e. The summed E-state index contributed by atoms with van der Waals surface area (Å²) in [5, 5.41) is 0. The maximum absolute atomic E-state index is 13.2. The molecule has 31 heavy (non-hydrogen) atoms. The van der Waals surface area contributed by atoms with Crippen molar-refractivity contribution in [3.8, 4) is 17.2 Å². The molecule has 1 aromatic carbocycles. The van der Waals surface area contributed by atoms with Crippen LogP contribution < -0.4 is 14.2 Å². The Labute approximate surface area is 186 Å². The van der Waals surface area contributed by atoms with Crippen LogP contribution in [0, 0.1) is 11.3 Å². The molecule has 0 aromatic heterocycles. The number of ketones is 1. The molecular formula is C26H36NO4+. The standard InChI is InChI=1S/C26H36NO4/c1-17-8-7-12-26(2,3)20(17)10-9-19(28)15-21-23-18(11-13-27(21,4)5)14-22-24(25(23)29-6)31-16-30-22/h8-10,14,20-21H,7,11-13,15-16H2,1-6H3/q+1/b10-9+. The number of fused-ring (bicyclic) bond motifs is 2. The molecule has 0 bridgehead atoms. The van der Waals surface area contributed by atoms with Crippen LogP contribution >= 0.6 is 0 Å². The molecule has 2 aliphatic heterocycles. The van der Waals surface area contributed by atoms with E-state index >= 15 is 0 Å². The maximum atomic E-state index is 13.2. The summed E-state index contributed by atoms with van der Waals surface area (Å²) >= 11 is 0. The number of hydrogen-bond donors (Lipinski definition) is 0. The first-order valence-corrected chi connectivity index (χ1v) is 11.3. The van der Waals surface area contributed by atoms with Crippen molar-refractivity contribution < 1.29 is 23.5 Å². The first kappa shape index (κ1) is 21.9. The summed E-state index contributed by atoms with van der Waals surface area (Å²) in [5.74, 6) is 2.62. The van der Waals surface area contributed by atoms with Gasteiger partial charge in [-0.1, -0.05) is 31.6 Å². The molecule has 0 radical (unpaired) electrons. The highest BCUT2D eigenvalue weighted by Crippen LogP contribution is 2.51. The lowest BCUT2D eigenvalue weighted by Crippen LogP contribution is -2.48. The summed E-state index contributed by atoms with van der Waals surface area (Å²) in [7, 11) is 6.07. The number of methoxy groups -OCH3 is 1. The van der Waals surface area contributed by atoms with Crippen LogP contribution in [0.3, 0.4) is 0 Å². The number of benzene rings is 1. The third-order valence-electron chi connectivity index (χ3n) is 7.54. The van der Waals surface area contributed by atoms with E-state index in [4.69, 9.17) is 14.2 Å². The summed E-state index contributed by atoms with van der Waals surface area (Å²) in [6, 6.07) is 2.09. The Morgan fingerprint density at radius 2 is 2.10 bits per heavy atom. The van der Waals surface area contributed by atoms with E-state index in [1.807, 2.05) is 6.08 Å². The van der Waals surface area contributed by atoms with E-state index in [-0.39, 0.29) is 24.0 Å². The third kappa shape index (κ3) is 4.00. The SMILES string of the molecule is COc1c2c(cc3c1C(CC(=O)/C=C/C1C(C)=CCCC1(C)C)[N+](C)(C)CC3)OCO2. The molecule has 3 aliphatic rings. The van der Waals surface area contributed by atoms with Crippen molar-refractivity contribution in [2.24, 2.45) is 11.3 Å². The molecule has 0 amide bonds. The second-order valence-corrected chi connectivity index (χ2v) is 10.5. The molecule has 1 aromatic rings. The Hall–Kier alpha value is -2.27. The molecule has 0 saturated carbocycles. The molecule has 2 atom stereocenters. The van der Waals surface area contributed by atoms with Crippen molar-refractivity contribution in [2.45, 2.75) is 52.5 Å². The fraction of sp³-hybridized carbons (Fsp3) is 0.577. The Bertz CT molecular complexity index is 941. The average molecular weight is 427 g/mol. The summed E-state index contributed by atoms with van der Waals surface area (Å²) in [4.78, 5) is 13.2. The number of quaternary nitrogens is 1. The molecule has 0 N–H and O–H groups in total. The second-order valence-electron chi connectivity index (χ2n) is 10.5. The van der Waals surface area contributed by atoms with Gasteiger partial charge >= 0.3 is 0 Å². The first-order chi connectivity index (χ1) is 14.6. The first-order valence-electron chi connectivity index (χ1n) is 11.3. The van der Waals surface area contributed by atoms with E-state index in [2.05, 4.69) is 53.1 Å². The van der Waals surface area contributed by atoms with E-state index in [1.54, 1.807) is 7.11 Å². The number of carbonyl (C=O) groups excluding carboxylic acids is 1. The smallest absolute Gasteiger partial charge is 0.231 e. The third-order valence-corrected chi connectivity index (χ3v) is 7.54. The van der Waals surface area contributed by atoms with Crippen molar-refractivity contribution in [3.63, 3.8) is 0 Å². The molecule has 168 valence electrons. The topological polar surface area (TPSA) is 44.8 Å². The van der Waals surface area contributed by atoms with Gasteiger partial charge in [-0.15, -0.1) is 0 Å². The quantitative estimate of drug-likeness (QED) is 0.378. The van der Waals surface area contributed by atoms with Crippen LogP contribution in [0.15, 0.2) is 29.9 Å². The predicted octanol–water partition coefficient (Wildman–Crippen LogP) is 5.00. The summed E-state index contributed by atoms with van der Waals surface area (Å²) in [6.45, 7) is 7.96. The van der Waals surface area contributed by atoms with E-state index in [0.717, 1.165) is 47.4 Å². The Kier molecular flexibility index (Phi) is 5.67. The molecule has 1 aliphatic carbocycles. The average Bonchev–Trinajstić information content (AvgIpc) is 3.16. The molecule has 2 heterocycles. The summed E-state index contributed by atoms with van der Waals surface area (Å²) in [5.41, 5.74) is 3.85. The molecule has 2 unspecified atom stereocenters. The van der Waals surface area contributed by atoms with Gasteiger partial charge in [-0.3, -0.25) is 4.79 Å². The Morgan fingerprint density at radius 3 is 2.81 bits per heavy atom. The fourth-order valence-corrected chi connectivity index (χ4v) is 5.56. The minimum atomic E-state index is 0.0151. The van der Waals surface area contributed by atoms with Crippen LogP contribution in [0.2, 0.25) is 0 Å². The molecule has 4 rings (SSSR count). The number of hydrogen-bond acceptors (Lipinski definition) is 4. The number of allylic oxidation sites excluding steroid dienone is 4. The molecular weight excluding hydrogens is 390 g/mol. The second kappa shape index (κ2) is 8.01. The van der Waals surface area contributed by atoms with Crippen LogP contribution in [0.5, 0.6) is 17.2 Å². The van der Waals surface area contributed by atoms with Crippen molar-refractivity contribution in [1.29, 1.82) is 0 Å². The van der Waals surface area contributed by atoms with Gasteiger partial charge in [0, 0.05) is 12.3 Å². The molecule has 0 fully saturated rings. The lowest BCUT2D eigenvalue weighted by atomic mass is 9.68. The summed E-state index contributed by atoms with van der Waals surface area (Å²) < 4.78 is 17.9. The summed E-state index contributed by atoms with van der Waals surface area (Å²) in [6.07, 6.45) is 9.92. The van der Waals surface area contributed by atoms with E-state index in [0.29, 0.717) is 18.1 Å². The molecule has 5 heteroatoms. The van der Waals surface area contributed by atoms with Crippen LogP contribution in [-0.2, 0) is 11.2 Å². The van der Waals surface area contributed by atoms with Gasteiger partial charge in [-0.25, -0.2) is 0 Å². The zero-order chi connectivity index (χ0) is 22.4. The van der Waals surface area contributed by atoms with Crippen molar-refractivity contribution in [1.82, 2.24) is 0 Å². The highest BCUT2D eigenvalue weighted by molar-refractivity contribution is 5.90. The zero-order valence-corrected chi connectivity index (χ0v) is 19.8. The molecule has 5 nitrogen and oxygen atoms in total. The van der Waals surface area contributed by atoms with E-state index in [1.165, 1.54) is 11.1 Å². The number of likely N-dealkylation sites (N-methyl/N-ethyl adjacent to an activating group) is 1. The van der Waals surface area contributed by atoms with Gasteiger partial charge in [-0.05, 0) is 42.9 Å². The van der Waals surface area contributed by atoms with Crippen LogP contribution in [0.25, 0.3) is 0 Å².